The molecule has 5 heteroatoms. The van der Waals surface area contributed by atoms with Crippen molar-refractivity contribution in [1.82, 2.24) is 0 Å². The second kappa shape index (κ2) is 5.33. The number of rotatable bonds is 5. The van der Waals surface area contributed by atoms with E-state index in [0.29, 0.717) is 11.3 Å². The second-order valence-electron chi connectivity index (χ2n) is 3.00. The van der Waals surface area contributed by atoms with E-state index in [1.165, 1.54) is 7.11 Å². The maximum atomic E-state index is 10.9. The van der Waals surface area contributed by atoms with E-state index in [0.717, 1.165) is 0 Å². The largest absolute Gasteiger partial charge is 0.497 e. The van der Waals surface area contributed by atoms with Crippen molar-refractivity contribution in [2.24, 2.45) is 5.90 Å². The summed E-state index contributed by atoms with van der Waals surface area (Å²) in [4.78, 5) is 15.3. The van der Waals surface area contributed by atoms with E-state index >= 15 is 0 Å². The molecule has 0 amide bonds. The Bertz CT molecular complexity index is 340. The molecule has 0 spiro atoms. The van der Waals surface area contributed by atoms with Gasteiger partial charge in [-0.15, -0.1) is 0 Å². The van der Waals surface area contributed by atoms with Crippen LogP contribution in [0.15, 0.2) is 24.3 Å². The van der Waals surface area contributed by atoms with Crippen molar-refractivity contribution in [3.05, 3.63) is 29.8 Å². The van der Waals surface area contributed by atoms with Gasteiger partial charge in [0, 0.05) is 0 Å². The summed E-state index contributed by atoms with van der Waals surface area (Å²) >= 11 is 0. The SMILES string of the molecule is COc1cccc(C(CON)C(=O)O)c1. The van der Waals surface area contributed by atoms with E-state index < -0.39 is 11.9 Å². The van der Waals surface area contributed by atoms with Gasteiger partial charge in [0.25, 0.3) is 0 Å². The fourth-order valence-electron chi connectivity index (χ4n) is 1.26. The van der Waals surface area contributed by atoms with E-state index in [1.807, 2.05) is 0 Å². The first kappa shape index (κ1) is 11.5. The molecule has 1 rings (SSSR count). The maximum Gasteiger partial charge on any atom is 0.313 e. The van der Waals surface area contributed by atoms with Crippen LogP contribution in [-0.4, -0.2) is 24.8 Å². The fraction of sp³-hybridized carbons (Fsp3) is 0.300. The van der Waals surface area contributed by atoms with E-state index in [9.17, 15) is 4.79 Å². The molecule has 1 unspecified atom stereocenters. The number of methoxy groups -OCH3 is 1. The van der Waals surface area contributed by atoms with Gasteiger partial charge in [0.1, 0.15) is 11.7 Å². The molecule has 3 N–H and O–H groups in total. The van der Waals surface area contributed by atoms with Crippen LogP contribution in [0.1, 0.15) is 11.5 Å². The normalized spacial score (nSPS) is 12.1. The molecule has 0 saturated carbocycles. The quantitative estimate of drug-likeness (QED) is 0.702. The van der Waals surface area contributed by atoms with Crippen molar-refractivity contribution in [2.75, 3.05) is 13.7 Å². The topological polar surface area (TPSA) is 81.8 Å². The van der Waals surface area contributed by atoms with Crippen LogP contribution in [0.2, 0.25) is 0 Å². The van der Waals surface area contributed by atoms with Gasteiger partial charge in [-0.2, -0.15) is 0 Å². The number of aliphatic carboxylic acids is 1. The number of carbonyl (C=O) groups is 1. The minimum atomic E-state index is -0.978. The summed E-state index contributed by atoms with van der Waals surface area (Å²) in [5.41, 5.74) is 0.604. The van der Waals surface area contributed by atoms with Gasteiger partial charge in [-0.05, 0) is 17.7 Å². The van der Waals surface area contributed by atoms with Gasteiger partial charge in [0.05, 0.1) is 13.7 Å². The van der Waals surface area contributed by atoms with Crippen LogP contribution < -0.4 is 10.6 Å². The van der Waals surface area contributed by atoms with Gasteiger partial charge in [0.15, 0.2) is 0 Å². The Hall–Kier alpha value is -1.59. The first-order valence-electron chi connectivity index (χ1n) is 4.37. The zero-order valence-electron chi connectivity index (χ0n) is 8.34. The molecule has 1 aromatic rings. The van der Waals surface area contributed by atoms with E-state index in [1.54, 1.807) is 24.3 Å². The highest BCUT2D eigenvalue weighted by Gasteiger charge is 2.20. The molecule has 1 aromatic carbocycles. The Morgan fingerprint density at radius 3 is 2.87 bits per heavy atom. The highest BCUT2D eigenvalue weighted by molar-refractivity contribution is 5.76. The fourth-order valence-corrected chi connectivity index (χ4v) is 1.26. The summed E-state index contributed by atoms with van der Waals surface area (Å²) in [5.74, 6) is 3.74. The average Bonchev–Trinajstić information content (AvgIpc) is 2.25. The number of hydrogen-bond donors (Lipinski definition) is 2. The number of nitrogens with two attached hydrogens (primary N) is 1. The van der Waals surface area contributed by atoms with Gasteiger partial charge in [-0.1, -0.05) is 12.1 Å². The third-order valence-electron chi connectivity index (χ3n) is 2.06. The zero-order chi connectivity index (χ0) is 11.3. The molecule has 82 valence electrons. The molecule has 1 atom stereocenters. The number of carboxylic acids is 1. The minimum absolute atomic E-state index is 0.0670. The summed E-state index contributed by atoms with van der Waals surface area (Å²) in [6, 6.07) is 6.81. The molecule has 0 heterocycles. The van der Waals surface area contributed by atoms with Crippen LogP contribution in [0, 0.1) is 0 Å². The Labute approximate surface area is 87.4 Å². The van der Waals surface area contributed by atoms with Crippen molar-refractivity contribution in [3.8, 4) is 5.75 Å². The predicted octanol–water partition coefficient (Wildman–Crippen LogP) is 0.754. The lowest BCUT2D eigenvalue weighted by atomic mass is 10.0. The molecule has 5 nitrogen and oxygen atoms in total. The van der Waals surface area contributed by atoms with Crippen LogP contribution >= 0.6 is 0 Å². The molecule has 0 fully saturated rings. The first-order chi connectivity index (χ1) is 7.19. The van der Waals surface area contributed by atoms with Crippen LogP contribution in [-0.2, 0) is 9.63 Å². The first-order valence-corrected chi connectivity index (χ1v) is 4.37. The van der Waals surface area contributed by atoms with Crippen LogP contribution in [0.5, 0.6) is 5.75 Å². The Morgan fingerprint density at radius 2 is 2.33 bits per heavy atom. The Morgan fingerprint density at radius 1 is 1.60 bits per heavy atom. The molecule has 0 aliphatic carbocycles. The predicted molar refractivity (Wildman–Crippen MR) is 53.5 cm³/mol. The minimum Gasteiger partial charge on any atom is -0.497 e. The molecule has 0 bridgehead atoms. The van der Waals surface area contributed by atoms with Gasteiger partial charge in [-0.25, -0.2) is 5.90 Å². The number of benzene rings is 1. The smallest absolute Gasteiger partial charge is 0.313 e. The Balaban J connectivity index is 2.94. The zero-order valence-corrected chi connectivity index (χ0v) is 8.34. The summed E-state index contributed by atoms with van der Waals surface area (Å²) in [6.07, 6.45) is 0. The molecule has 0 aliphatic heterocycles. The number of carboxylic acid groups (broad SMARTS) is 1. The van der Waals surface area contributed by atoms with Gasteiger partial charge < -0.3 is 14.7 Å². The maximum absolute atomic E-state index is 10.9. The summed E-state index contributed by atoms with van der Waals surface area (Å²) < 4.78 is 5.00. The van der Waals surface area contributed by atoms with E-state index in [2.05, 4.69) is 4.84 Å². The standard InChI is InChI=1S/C10H13NO4/c1-14-8-4-2-3-7(5-8)9(6-15-11)10(12)13/h2-5,9H,6,11H2,1H3,(H,12,13). The second-order valence-corrected chi connectivity index (χ2v) is 3.00. The van der Waals surface area contributed by atoms with E-state index in [4.69, 9.17) is 15.7 Å². The van der Waals surface area contributed by atoms with Crippen molar-refractivity contribution >= 4 is 5.97 Å². The lowest BCUT2D eigenvalue weighted by Gasteiger charge is -2.11. The third-order valence-corrected chi connectivity index (χ3v) is 2.06. The van der Waals surface area contributed by atoms with Crippen molar-refractivity contribution < 1.29 is 19.5 Å². The van der Waals surface area contributed by atoms with Gasteiger partial charge in [-0.3, -0.25) is 4.79 Å². The summed E-state index contributed by atoms with van der Waals surface area (Å²) in [6.45, 7) is -0.0670. The number of ether oxygens (including phenoxy) is 1. The van der Waals surface area contributed by atoms with Gasteiger partial charge in [0.2, 0.25) is 0 Å². The molecular weight excluding hydrogens is 198 g/mol. The van der Waals surface area contributed by atoms with Crippen LogP contribution in [0.25, 0.3) is 0 Å². The highest BCUT2D eigenvalue weighted by atomic mass is 16.6. The number of hydrogen-bond acceptors (Lipinski definition) is 4. The van der Waals surface area contributed by atoms with Crippen LogP contribution in [0.4, 0.5) is 0 Å². The molecular formula is C10H13NO4. The monoisotopic (exact) mass is 211 g/mol. The Kier molecular flexibility index (Phi) is 4.08. The molecule has 15 heavy (non-hydrogen) atoms. The lowest BCUT2D eigenvalue weighted by molar-refractivity contribution is -0.140. The summed E-state index contributed by atoms with van der Waals surface area (Å²) in [7, 11) is 1.52. The van der Waals surface area contributed by atoms with E-state index in [-0.39, 0.29) is 6.61 Å². The highest BCUT2D eigenvalue weighted by Crippen LogP contribution is 2.21. The lowest BCUT2D eigenvalue weighted by Crippen LogP contribution is -2.19. The van der Waals surface area contributed by atoms with Crippen molar-refractivity contribution in [2.45, 2.75) is 5.92 Å². The summed E-state index contributed by atoms with van der Waals surface area (Å²) in [5, 5.41) is 8.95. The van der Waals surface area contributed by atoms with Gasteiger partial charge >= 0.3 is 5.97 Å². The molecule has 0 radical (unpaired) electrons. The van der Waals surface area contributed by atoms with Crippen molar-refractivity contribution in [1.29, 1.82) is 0 Å². The molecule has 0 aliphatic rings. The molecule has 0 saturated heterocycles. The van der Waals surface area contributed by atoms with Crippen LogP contribution in [0.3, 0.4) is 0 Å². The molecule has 0 aromatic heterocycles. The van der Waals surface area contributed by atoms with Crippen molar-refractivity contribution in [3.63, 3.8) is 0 Å². The third kappa shape index (κ3) is 2.93. The average molecular weight is 211 g/mol.